The standard InChI is InChI=1S/C27H27N3O2/c31-26-6-3-16-30(26)25-13-11-24(12-14-25)28-27(32)22-9-7-20(8-10-22)18-29-17-15-21-4-1-2-5-23(21)19-29/h1-2,4-5,7-14H,3,6,15-19H2,(H,28,32). The molecule has 0 aliphatic carbocycles. The van der Waals surface area contributed by atoms with E-state index in [0.717, 1.165) is 50.4 Å². The van der Waals surface area contributed by atoms with Gasteiger partial charge in [-0.2, -0.15) is 0 Å². The molecule has 2 heterocycles. The summed E-state index contributed by atoms with van der Waals surface area (Å²) >= 11 is 0. The molecule has 5 heteroatoms. The van der Waals surface area contributed by atoms with Crippen LogP contribution in [0.1, 0.15) is 39.9 Å². The van der Waals surface area contributed by atoms with E-state index in [2.05, 4.69) is 34.5 Å². The van der Waals surface area contributed by atoms with Gasteiger partial charge in [0.15, 0.2) is 0 Å². The topological polar surface area (TPSA) is 52.7 Å². The molecule has 5 rings (SSSR count). The largest absolute Gasteiger partial charge is 0.322 e. The second-order valence-electron chi connectivity index (χ2n) is 8.58. The molecule has 0 radical (unpaired) electrons. The van der Waals surface area contributed by atoms with Crippen LogP contribution in [-0.2, 0) is 24.3 Å². The number of nitrogens with zero attached hydrogens (tertiary/aromatic N) is 2. The summed E-state index contributed by atoms with van der Waals surface area (Å²) in [7, 11) is 0. The Morgan fingerprint density at radius 3 is 2.31 bits per heavy atom. The highest BCUT2D eigenvalue weighted by atomic mass is 16.2. The van der Waals surface area contributed by atoms with Gasteiger partial charge in [0.05, 0.1) is 0 Å². The zero-order valence-electron chi connectivity index (χ0n) is 18.1. The minimum absolute atomic E-state index is 0.131. The van der Waals surface area contributed by atoms with Gasteiger partial charge >= 0.3 is 0 Å². The molecule has 3 aromatic carbocycles. The number of anilines is 2. The number of nitrogens with one attached hydrogen (secondary N) is 1. The van der Waals surface area contributed by atoms with Crippen molar-refractivity contribution in [3.8, 4) is 0 Å². The van der Waals surface area contributed by atoms with Crippen LogP contribution < -0.4 is 10.2 Å². The summed E-state index contributed by atoms with van der Waals surface area (Å²) in [5, 5.41) is 2.95. The highest BCUT2D eigenvalue weighted by Gasteiger charge is 2.21. The first-order valence-electron chi connectivity index (χ1n) is 11.3. The lowest BCUT2D eigenvalue weighted by atomic mass is 9.99. The van der Waals surface area contributed by atoms with Gasteiger partial charge in [-0.05, 0) is 65.9 Å². The maximum absolute atomic E-state index is 12.7. The molecule has 2 aliphatic rings. The molecule has 162 valence electrons. The Hall–Kier alpha value is -3.44. The van der Waals surface area contributed by atoms with Crippen molar-refractivity contribution >= 4 is 23.2 Å². The van der Waals surface area contributed by atoms with Crippen molar-refractivity contribution in [3.05, 3.63) is 95.1 Å². The molecular formula is C27H27N3O2. The Balaban J connectivity index is 1.18. The van der Waals surface area contributed by atoms with Gasteiger partial charge in [0.25, 0.3) is 5.91 Å². The highest BCUT2D eigenvalue weighted by Crippen LogP contribution is 2.24. The quantitative estimate of drug-likeness (QED) is 0.649. The van der Waals surface area contributed by atoms with Gasteiger partial charge in [-0.15, -0.1) is 0 Å². The van der Waals surface area contributed by atoms with Gasteiger partial charge < -0.3 is 10.2 Å². The lowest BCUT2D eigenvalue weighted by molar-refractivity contribution is -0.117. The summed E-state index contributed by atoms with van der Waals surface area (Å²) in [5.74, 6) is 0.0316. The van der Waals surface area contributed by atoms with Crippen LogP contribution >= 0.6 is 0 Å². The van der Waals surface area contributed by atoms with Crippen molar-refractivity contribution in [1.29, 1.82) is 0 Å². The zero-order valence-corrected chi connectivity index (χ0v) is 18.1. The van der Waals surface area contributed by atoms with E-state index in [1.165, 1.54) is 16.7 Å². The van der Waals surface area contributed by atoms with E-state index in [0.29, 0.717) is 12.0 Å². The third-order valence-electron chi connectivity index (χ3n) is 6.34. The average Bonchev–Trinajstić information content (AvgIpc) is 3.26. The Morgan fingerprint density at radius 1 is 0.844 bits per heavy atom. The smallest absolute Gasteiger partial charge is 0.255 e. The molecule has 0 saturated carbocycles. The van der Waals surface area contributed by atoms with Gasteiger partial charge in [-0.3, -0.25) is 14.5 Å². The zero-order chi connectivity index (χ0) is 21.9. The minimum atomic E-state index is -0.131. The molecule has 3 aromatic rings. The van der Waals surface area contributed by atoms with Crippen molar-refractivity contribution in [2.45, 2.75) is 32.4 Å². The van der Waals surface area contributed by atoms with Crippen LogP contribution in [0.15, 0.2) is 72.8 Å². The van der Waals surface area contributed by atoms with Crippen molar-refractivity contribution < 1.29 is 9.59 Å². The van der Waals surface area contributed by atoms with Crippen LogP contribution in [0.3, 0.4) is 0 Å². The highest BCUT2D eigenvalue weighted by molar-refractivity contribution is 6.04. The van der Waals surface area contributed by atoms with E-state index in [9.17, 15) is 9.59 Å². The number of amides is 2. The van der Waals surface area contributed by atoms with Crippen molar-refractivity contribution in [1.82, 2.24) is 4.90 Å². The van der Waals surface area contributed by atoms with Crippen LogP contribution in [0.4, 0.5) is 11.4 Å². The predicted octanol–water partition coefficient (Wildman–Crippen LogP) is 4.62. The molecule has 0 atom stereocenters. The molecule has 0 unspecified atom stereocenters. The number of fused-ring (bicyclic) bond motifs is 1. The molecule has 1 saturated heterocycles. The third-order valence-corrected chi connectivity index (χ3v) is 6.34. The normalized spacial score (nSPS) is 16.1. The molecule has 0 bridgehead atoms. The maximum Gasteiger partial charge on any atom is 0.255 e. The summed E-state index contributed by atoms with van der Waals surface area (Å²) in [5.41, 5.74) is 6.32. The van der Waals surface area contributed by atoms with Gasteiger partial charge in [0.1, 0.15) is 0 Å². The first-order valence-corrected chi connectivity index (χ1v) is 11.3. The summed E-state index contributed by atoms with van der Waals surface area (Å²) in [6, 6.07) is 24.0. The number of benzene rings is 3. The monoisotopic (exact) mass is 425 g/mol. The van der Waals surface area contributed by atoms with Gasteiger partial charge in [0, 0.05) is 49.5 Å². The molecule has 1 fully saturated rings. The number of carbonyl (C=O) groups excluding carboxylic acids is 2. The van der Waals surface area contributed by atoms with Gasteiger partial charge in [0.2, 0.25) is 5.91 Å². The SMILES string of the molecule is O=C(Nc1ccc(N2CCCC2=O)cc1)c1ccc(CN2CCc3ccccc3C2)cc1. The van der Waals surface area contributed by atoms with Crippen molar-refractivity contribution in [2.24, 2.45) is 0 Å². The van der Waals surface area contributed by atoms with E-state index < -0.39 is 0 Å². The van der Waals surface area contributed by atoms with Crippen molar-refractivity contribution in [2.75, 3.05) is 23.3 Å². The number of hydrogen-bond acceptors (Lipinski definition) is 3. The van der Waals surface area contributed by atoms with E-state index in [1.807, 2.05) is 48.5 Å². The fourth-order valence-corrected chi connectivity index (χ4v) is 4.56. The number of hydrogen-bond donors (Lipinski definition) is 1. The summed E-state index contributed by atoms with van der Waals surface area (Å²) in [6.45, 7) is 3.67. The minimum Gasteiger partial charge on any atom is -0.322 e. The van der Waals surface area contributed by atoms with Crippen LogP contribution in [0.25, 0.3) is 0 Å². The van der Waals surface area contributed by atoms with Gasteiger partial charge in [-0.25, -0.2) is 0 Å². The predicted molar refractivity (Wildman–Crippen MR) is 127 cm³/mol. The summed E-state index contributed by atoms with van der Waals surface area (Å²) in [6.07, 6.45) is 2.60. The lowest BCUT2D eigenvalue weighted by Crippen LogP contribution is -2.29. The fraction of sp³-hybridized carbons (Fsp3) is 0.259. The third kappa shape index (κ3) is 4.43. The molecule has 2 amide bonds. The molecular weight excluding hydrogens is 398 g/mol. The van der Waals surface area contributed by atoms with E-state index >= 15 is 0 Å². The average molecular weight is 426 g/mol. The second kappa shape index (κ2) is 8.97. The number of rotatable bonds is 5. The van der Waals surface area contributed by atoms with E-state index in [1.54, 1.807) is 4.90 Å². The molecule has 0 spiro atoms. The maximum atomic E-state index is 12.7. The van der Waals surface area contributed by atoms with Crippen LogP contribution in [0.2, 0.25) is 0 Å². The van der Waals surface area contributed by atoms with E-state index in [4.69, 9.17) is 0 Å². The first kappa shape index (κ1) is 20.5. The Morgan fingerprint density at radius 2 is 1.59 bits per heavy atom. The molecule has 2 aliphatic heterocycles. The molecule has 5 nitrogen and oxygen atoms in total. The van der Waals surface area contributed by atoms with Crippen LogP contribution in [0, 0.1) is 0 Å². The molecule has 0 aromatic heterocycles. The van der Waals surface area contributed by atoms with Gasteiger partial charge in [-0.1, -0.05) is 36.4 Å². The first-order chi connectivity index (χ1) is 15.7. The van der Waals surface area contributed by atoms with Crippen LogP contribution in [0.5, 0.6) is 0 Å². The summed E-state index contributed by atoms with van der Waals surface area (Å²) < 4.78 is 0. The lowest BCUT2D eigenvalue weighted by Gasteiger charge is -2.28. The van der Waals surface area contributed by atoms with Crippen molar-refractivity contribution in [3.63, 3.8) is 0 Å². The molecule has 1 N–H and O–H groups in total. The Bertz CT molecular complexity index is 1120. The molecule has 32 heavy (non-hydrogen) atoms. The second-order valence-corrected chi connectivity index (χ2v) is 8.58. The summed E-state index contributed by atoms with van der Waals surface area (Å²) in [4.78, 5) is 28.8. The van der Waals surface area contributed by atoms with Crippen LogP contribution in [-0.4, -0.2) is 29.8 Å². The fourth-order valence-electron chi connectivity index (χ4n) is 4.56. The Labute approximate surface area is 188 Å². The number of carbonyl (C=O) groups is 2. The Kier molecular flexibility index (Phi) is 5.73. The van der Waals surface area contributed by atoms with E-state index in [-0.39, 0.29) is 11.8 Å².